The Balaban J connectivity index is 1.69. The van der Waals surface area contributed by atoms with Gasteiger partial charge in [-0.15, -0.1) is 0 Å². The van der Waals surface area contributed by atoms with Gasteiger partial charge in [0, 0.05) is 0 Å². The van der Waals surface area contributed by atoms with E-state index in [0.29, 0.717) is 22.4 Å². The first-order chi connectivity index (χ1) is 14.5. The summed E-state index contributed by atoms with van der Waals surface area (Å²) in [6.45, 7) is 3.87. The van der Waals surface area contributed by atoms with Gasteiger partial charge in [-0.1, -0.05) is 35.5 Å². The molecular weight excluding hydrogens is 404 g/mol. The number of nitrogens with zero attached hydrogens (tertiary/aromatic N) is 2. The van der Waals surface area contributed by atoms with E-state index < -0.39 is 5.25 Å². The second kappa shape index (κ2) is 8.23. The lowest BCUT2D eigenvalue weighted by Gasteiger charge is -2.19. The average molecular weight is 424 g/mol. The molecule has 1 unspecified atom stereocenters. The number of fused-ring (bicyclic) bond motifs is 1. The molecule has 30 heavy (non-hydrogen) atoms. The number of hydrogen-bond acceptors (Lipinski definition) is 7. The quantitative estimate of drug-likeness (QED) is 0.549. The molecule has 0 saturated heterocycles. The van der Waals surface area contributed by atoms with Crippen LogP contribution in [-0.4, -0.2) is 36.2 Å². The second-order valence-corrected chi connectivity index (χ2v) is 8.10. The summed E-state index contributed by atoms with van der Waals surface area (Å²) >= 11 is 1.18. The van der Waals surface area contributed by atoms with Crippen LogP contribution < -0.4 is 14.4 Å². The van der Waals surface area contributed by atoms with E-state index in [1.807, 2.05) is 37.3 Å². The number of amidine groups is 1. The van der Waals surface area contributed by atoms with Crippen LogP contribution in [0.2, 0.25) is 0 Å². The number of carbonyl (C=O) groups is 2. The first kappa shape index (κ1) is 20.0. The number of amides is 1. The first-order valence-corrected chi connectivity index (χ1v) is 10.2. The minimum absolute atomic E-state index is 0.180. The maximum absolute atomic E-state index is 13.2. The molecule has 2 heterocycles. The molecule has 0 fully saturated rings. The normalized spacial score (nSPS) is 17.3. The van der Waals surface area contributed by atoms with Crippen molar-refractivity contribution in [1.82, 2.24) is 0 Å². The van der Waals surface area contributed by atoms with E-state index in [9.17, 15) is 9.59 Å². The van der Waals surface area contributed by atoms with Crippen LogP contribution in [0, 0.1) is 6.92 Å². The largest absolute Gasteiger partial charge is 0.468 e. The third-order valence-electron chi connectivity index (χ3n) is 4.64. The number of carbonyl (C=O) groups excluding carboxylic acids is 2. The standard InChI is InChI=1S/C22H20N2O5S/c1-13-4-7-16(8-5-13)24-20(25)17(23-22(24)30-14(2)21(26)27-3)10-15-6-9-18-19(11-15)29-12-28-18/h4-11,14H,12H2,1-3H3/b17-10-. The Bertz CT molecular complexity index is 1060. The summed E-state index contributed by atoms with van der Waals surface area (Å²) in [5.74, 6) is 0.647. The third-order valence-corrected chi connectivity index (χ3v) is 5.67. The lowest BCUT2D eigenvalue weighted by molar-refractivity contribution is -0.139. The van der Waals surface area contributed by atoms with Crippen LogP contribution in [0.15, 0.2) is 53.2 Å². The van der Waals surface area contributed by atoms with Gasteiger partial charge in [-0.25, -0.2) is 4.99 Å². The highest BCUT2D eigenvalue weighted by atomic mass is 32.2. The summed E-state index contributed by atoms with van der Waals surface area (Å²) in [6.07, 6.45) is 1.70. The second-order valence-electron chi connectivity index (χ2n) is 6.80. The number of aryl methyl sites for hydroxylation is 1. The van der Waals surface area contributed by atoms with Crippen LogP contribution in [0.1, 0.15) is 18.1 Å². The molecular formula is C22H20N2O5S. The topological polar surface area (TPSA) is 77.4 Å². The van der Waals surface area contributed by atoms with Crippen LogP contribution in [-0.2, 0) is 14.3 Å². The minimum atomic E-state index is -0.514. The van der Waals surface area contributed by atoms with Gasteiger partial charge in [0.25, 0.3) is 5.91 Å². The molecule has 0 radical (unpaired) electrons. The Labute approximate surface area is 178 Å². The summed E-state index contributed by atoms with van der Waals surface area (Å²) in [5.41, 5.74) is 2.80. The highest BCUT2D eigenvalue weighted by molar-refractivity contribution is 8.15. The zero-order valence-electron chi connectivity index (χ0n) is 16.7. The van der Waals surface area contributed by atoms with Crippen molar-refractivity contribution in [2.75, 3.05) is 18.8 Å². The Morgan fingerprint density at radius 3 is 2.67 bits per heavy atom. The molecule has 4 rings (SSSR count). The fourth-order valence-corrected chi connectivity index (χ4v) is 3.98. The number of aliphatic imine (C=N–C) groups is 1. The van der Waals surface area contributed by atoms with Crippen LogP contribution in [0.4, 0.5) is 5.69 Å². The molecule has 1 amide bonds. The summed E-state index contributed by atoms with van der Waals surface area (Å²) in [6, 6.07) is 13.0. The maximum atomic E-state index is 13.2. The van der Waals surface area contributed by atoms with E-state index >= 15 is 0 Å². The molecule has 0 N–H and O–H groups in total. The van der Waals surface area contributed by atoms with E-state index in [2.05, 4.69) is 4.99 Å². The molecule has 0 saturated carbocycles. The van der Waals surface area contributed by atoms with Crippen molar-refractivity contribution < 1.29 is 23.8 Å². The number of methoxy groups -OCH3 is 1. The fourth-order valence-electron chi connectivity index (χ4n) is 3.03. The van der Waals surface area contributed by atoms with Crippen molar-refractivity contribution in [1.29, 1.82) is 0 Å². The Kier molecular flexibility index (Phi) is 5.50. The van der Waals surface area contributed by atoms with E-state index in [0.717, 1.165) is 11.1 Å². The summed E-state index contributed by atoms with van der Waals surface area (Å²) < 4.78 is 15.5. The summed E-state index contributed by atoms with van der Waals surface area (Å²) in [4.78, 5) is 31.2. The van der Waals surface area contributed by atoms with Crippen LogP contribution in [0.5, 0.6) is 11.5 Å². The predicted octanol–water partition coefficient (Wildman–Crippen LogP) is 3.76. The highest BCUT2D eigenvalue weighted by Crippen LogP contribution is 2.35. The van der Waals surface area contributed by atoms with Gasteiger partial charge in [-0.05, 0) is 49.8 Å². The molecule has 0 bridgehead atoms. The van der Waals surface area contributed by atoms with E-state index in [1.54, 1.807) is 25.1 Å². The van der Waals surface area contributed by atoms with Crippen molar-refractivity contribution in [3.63, 3.8) is 0 Å². The molecule has 8 heteroatoms. The van der Waals surface area contributed by atoms with E-state index in [1.165, 1.54) is 23.8 Å². The van der Waals surface area contributed by atoms with Gasteiger partial charge in [0.2, 0.25) is 6.79 Å². The molecule has 0 spiro atoms. The van der Waals surface area contributed by atoms with Gasteiger partial charge in [0.1, 0.15) is 10.9 Å². The highest BCUT2D eigenvalue weighted by Gasteiger charge is 2.34. The number of hydrogen-bond donors (Lipinski definition) is 0. The molecule has 2 aromatic carbocycles. The number of anilines is 1. The van der Waals surface area contributed by atoms with Crippen LogP contribution in [0.25, 0.3) is 6.08 Å². The van der Waals surface area contributed by atoms with Crippen molar-refractivity contribution in [2.45, 2.75) is 19.1 Å². The average Bonchev–Trinajstić information content (AvgIpc) is 3.32. The van der Waals surface area contributed by atoms with Crippen molar-refractivity contribution in [2.24, 2.45) is 4.99 Å². The molecule has 0 aliphatic carbocycles. The predicted molar refractivity (Wildman–Crippen MR) is 116 cm³/mol. The van der Waals surface area contributed by atoms with Gasteiger partial charge < -0.3 is 14.2 Å². The van der Waals surface area contributed by atoms with Gasteiger partial charge in [-0.2, -0.15) is 0 Å². The monoisotopic (exact) mass is 424 g/mol. The van der Waals surface area contributed by atoms with E-state index in [-0.39, 0.29) is 24.4 Å². The number of ether oxygens (including phenoxy) is 3. The third kappa shape index (κ3) is 3.91. The zero-order chi connectivity index (χ0) is 21.3. The Morgan fingerprint density at radius 2 is 1.93 bits per heavy atom. The van der Waals surface area contributed by atoms with Crippen LogP contribution in [0.3, 0.4) is 0 Å². The molecule has 7 nitrogen and oxygen atoms in total. The Morgan fingerprint density at radius 1 is 1.20 bits per heavy atom. The first-order valence-electron chi connectivity index (χ1n) is 9.32. The van der Waals surface area contributed by atoms with Gasteiger partial charge in [0.15, 0.2) is 16.7 Å². The molecule has 0 aromatic heterocycles. The lowest BCUT2D eigenvalue weighted by Crippen LogP contribution is -2.32. The molecule has 154 valence electrons. The van der Waals surface area contributed by atoms with Gasteiger partial charge in [0.05, 0.1) is 12.8 Å². The van der Waals surface area contributed by atoms with Crippen molar-refractivity contribution in [3.8, 4) is 11.5 Å². The zero-order valence-corrected chi connectivity index (χ0v) is 17.6. The summed E-state index contributed by atoms with van der Waals surface area (Å²) in [7, 11) is 1.34. The Hall–Kier alpha value is -3.26. The minimum Gasteiger partial charge on any atom is -0.468 e. The summed E-state index contributed by atoms with van der Waals surface area (Å²) in [5, 5.41) is -0.0897. The van der Waals surface area contributed by atoms with Crippen molar-refractivity contribution in [3.05, 3.63) is 59.3 Å². The lowest BCUT2D eigenvalue weighted by atomic mass is 10.1. The molecule has 2 aromatic rings. The number of rotatable bonds is 4. The SMILES string of the molecule is COC(=O)C(C)SC1=N/C(=C\c2ccc3c(c2)OCO3)C(=O)N1c1ccc(C)cc1. The van der Waals surface area contributed by atoms with Crippen LogP contribution >= 0.6 is 11.8 Å². The van der Waals surface area contributed by atoms with Gasteiger partial charge in [-0.3, -0.25) is 14.5 Å². The van der Waals surface area contributed by atoms with E-state index in [4.69, 9.17) is 14.2 Å². The number of benzene rings is 2. The number of esters is 1. The maximum Gasteiger partial charge on any atom is 0.318 e. The molecule has 2 aliphatic rings. The van der Waals surface area contributed by atoms with Crippen molar-refractivity contribution >= 4 is 40.6 Å². The molecule has 2 aliphatic heterocycles. The van der Waals surface area contributed by atoms with Gasteiger partial charge >= 0.3 is 5.97 Å². The smallest absolute Gasteiger partial charge is 0.318 e. The number of thioether (sulfide) groups is 1. The fraction of sp³-hybridized carbons (Fsp3) is 0.227. The molecule has 1 atom stereocenters.